The molecule has 0 aliphatic carbocycles. The van der Waals surface area contributed by atoms with Gasteiger partial charge in [-0.15, -0.1) is 10.2 Å². The van der Waals surface area contributed by atoms with Gasteiger partial charge in [-0.1, -0.05) is 6.92 Å². The Kier molecular flexibility index (Phi) is 5.85. The van der Waals surface area contributed by atoms with Gasteiger partial charge in [0.25, 0.3) is 5.89 Å². The Labute approximate surface area is 167 Å². The molecule has 29 heavy (non-hydrogen) atoms. The summed E-state index contributed by atoms with van der Waals surface area (Å²) in [5.41, 5.74) is 1.69. The predicted molar refractivity (Wildman–Crippen MR) is 103 cm³/mol. The van der Waals surface area contributed by atoms with E-state index in [1.165, 1.54) is 0 Å². The van der Waals surface area contributed by atoms with E-state index in [1.54, 1.807) is 18.4 Å². The number of nitrogens with zero attached hydrogens (tertiary/aromatic N) is 3. The second-order valence-corrected chi connectivity index (χ2v) is 8.29. The summed E-state index contributed by atoms with van der Waals surface area (Å²) < 4.78 is 62.6. The van der Waals surface area contributed by atoms with Crippen LogP contribution in [0.25, 0.3) is 11.6 Å². The molecule has 0 radical (unpaired) electrons. The van der Waals surface area contributed by atoms with Crippen molar-refractivity contribution in [2.24, 2.45) is 0 Å². The van der Waals surface area contributed by atoms with Gasteiger partial charge in [-0.05, 0) is 38.5 Å². The molecule has 0 fully saturated rings. The first-order valence-corrected chi connectivity index (χ1v) is 10.6. The molecule has 0 spiro atoms. The summed E-state index contributed by atoms with van der Waals surface area (Å²) in [5.74, 6) is -0.835. The van der Waals surface area contributed by atoms with Gasteiger partial charge in [0, 0.05) is 36.8 Å². The zero-order valence-corrected chi connectivity index (χ0v) is 17.4. The van der Waals surface area contributed by atoms with E-state index in [9.17, 15) is 17.2 Å². The van der Waals surface area contributed by atoms with Crippen LogP contribution in [-0.2, 0) is 29.5 Å². The molecule has 3 rings (SSSR count). The molecular formula is C19H22F2N4O3S. The molecule has 1 aromatic carbocycles. The van der Waals surface area contributed by atoms with Crippen LogP contribution in [0.3, 0.4) is 0 Å². The molecule has 3 aromatic rings. The van der Waals surface area contributed by atoms with Gasteiger partial charge in [0.15, 0.2) is 0 Å². The Morgan fingerprint density at radius 2 is 1.76 bits per heavy atom. The van der Waals surface area contributed by atoms with Crippen LogP contribution >= 0.6 is 0 Å². The molecule has 7 nitrogen and oxygen atoms in total. The maximum atomic E-state index is 13.4. The monoisotopic (exact) mass is 424 g/mol. The first kappa shape index (κ1) is 21.1. The highest BCUT2D eigenvalue weighted by Crippen LogP contribution is 2.33. The van der Waals surface area contributed by atoms with Crippen molar-refractivity contribution in [3.8, 4) is 11.6 Å². The molecule has 0 aliphatic heterocycles. The molecule has 2 heterocycles. The number of rotatable bonds is 7. The number of sulfonamides is 1. The maximum Gasteiger partial charge on any atom is 0.264 e. The maximum absolute atomic E-state index is 13.4. The molecule has 0 saturated carbocycles. The van der Waals surface area contributed by atoms with E-state index in [1.807, 2.05) is 13.8 Å². The van der Waals surface area contributed by atoms with Gasteiger partial charge >= 0.3 is 0 Å². The molecule has 0 bridgehead atoms. The van der Waals surface area contributed by atoms with Gasteiger partial charge in [-0.3, -0.25) is 0 Å². The number of hydrogen-bond acceptors (Lipinski definition) is 5. The van der Waals surface area contributed by atoms with Gasteiger partial charge in [-0.25, -0.2) is 21.9 Å². The minimum absolute atomic E-state index is 0.0856. The second-order valence-electron chi connectivity index (χ2n) is 6.59. The number of halogens is 2. The van der Waals surface area contributed by atoms with E-state index in [2.05, 4.69) is 14.9 Å². The largest absolute Gasteiger partial charge is 0.419 e. The Balaban J connectivity index is 2.00. The normalized spacial score (nSPS) is 11.9. The fourth-order valence-electron chi connectivity index (χ4n) is 3.39. The lowest BCUT2D eigenvalue weighted by molar-refractivity contribution is 0.507. The summed E-state index contributed by atoms with van der Waals surface area (Å²) in [6, 6.07) is 2.90. The van der Waals surface area contributed by atoms with Crippen LogP contribution in [0, 0.1) is 25.5 Å². The summed E-state index contributed by atoms with van der Waals surface area (Å²) in [5, 5.41) is 8.00. The number of aryl methyl sites for hydroxylation is 1. The van der Waals surface area contributed by atoms with Gasteiger partial charge in [0.2, 0.25) is 15.9 Å². The molecule has 0 amide bonds. The Morgan fingerprint density at radius 1 is 1.10 bits per heavy atom. The SMILES string of the molecule is CCc1nnc(-c2c(C)c(S(=O)(=O)NCc3cc(F)cc(F)c3)c(C)n2CC)o1. The average molecular weight is 424 g/mol. The smallest absolute Gasteiger partial charge is 0.264 e. The molecule has 0 saturated heterocycles. The lowest BCUT2D eigenvalue weighted by Gasteiger charge is -2.09. The third kappa shape index (κ3) is 4.08. The number of hydrogen-bond donors (Lipinski definition) is 1. The number of nitrogens with one attached hydrogen (secondary N) is 1. The molecule has 0 aliphatic rings. The summed E-state index contributed by atoms with van der Waals surface area (Å²) in [7, 11) is -3.97. The highest BCUT2D eigenvalue weighted by Gasteiger charge is 2.29. The topological polar surface area (TPSA) is 90.0 Å². The van der Waals surface area contributed by atoms with Gasteiger partial charge in [0.1, 0.15) is 22.2 Å². The van der Waals surface area contributed by atoms with E-state index in [0.29, 0.717) is 35.8 Å². The molecule has 1 N–H and O–H groups in total. The van der Waals surface area contributed by atoms with Gasteiger partial charge < -0.3 is 8.98 Å². The van der Waals surface area contributed by atoms with Crippen molar-refractivity contribution in [2.75, 3.05) is 0 Å². The highest BCUT2D eigenvalue weighted by atomic mass is 32.2. The van der Waals surface area contributed by atoms with Crippen LogP contribution in [0.2, 0.25) is 0 Å². The van der Waals surface area contributed by atoms with Crippen molar-refractivity contribution in [3.05, 3.63) is 52.5 Å². The predicted octanol–water partition coefficient (Wildman–Crippen LogP) is 3.49. The summed E-state index contributed by atoms with van der Waals surface area (Å²) >= 11 is 0. The first-order chi connectivity index (χ1) is 13.7. The average Bonchev–Trinajstić information content (AvgIpc) is 3.21. The number of aromatic nitrogens is 3. The van der Waals surface area contributed by atoms with Crippen LogP contribution in [0.5, 0.6) is 0 Å². The van der Waals surface area contributed by atoms with Crippen molar-refractivity contribution in [2.45, 2.75) is 52.1 Å². The Morgan fingerprint density at radius 3 is 2.31 bits per heavy atom. The fourth-order valence-corrected chi connectivity index (χ4v) is 4.89. The van der Waals surface area contributed by atoms with Gasteiger partial charge in [0.05, 0.1) is 0 Å². The van der Waals surface area contributed by atoms with Crippen LogP contribution in [0.15, 0.2) is 27.5 Å². The van der Waals surface area contributed by atoms with Crippen LogP contribution in [0.1, 0.15) is 36.6 Å². The van der Waals surface area contributed by atoms with Crippen molar-refractivity contribution < 1.29 is 21.6 Å². The molecule has 0 unspecified atom stereocenters. The van der Waals surface area contributed by atoms with Crippen molar-refractivity contribution in [1.82, 2.24) is 19.5 Å². The molecular weight excluding hydrogens is 402 g/mol. The lowest BCUT2D eigenvalue weighted by Crippen LogP contribution is -2.24. The molecule has 0 atom stereocenters. The minimum atomic E-state index is -3.97. The second kappa shape index (κ2) is 8.03. The Bertz CT molecular complexity index is 1130. The van der Waals surface area contributed by atoms with Crippen LogP contribution in [-0.4, -0.2) is 23.2 Å². The zero-order chi connectivity index (χ0) is 21.3. The third-order valence-corrected chi connectivity index (χ3v) is 6.31. The third-order valence-electron chi connectivity index (χ3n) is 4.64. The van der Waals surface area contributed by atoms with E-state index in [4.69, 9.17) is 4.42 Å². The number of benzene rings is 1. The van der Waals surface area contributed by atoms with E-state index in [-0.39, 0.29) is 22.9 Å². The summed E-state index contributed by atoms with van der Waals surface area (Å²) in [6.45, 7) is 7.36. The summed E-state index contributed by atoms with van der Waals surface area (Å²) in [4.78, 5) is 0.0856. The van der Waals surface area contributed by atoms with Gasteiger partial charge in [-0.2, -0.15) is 0 Å². The van der Waals surface area contributed by atoms with Crippen molar-refractivity contribution in [3.63, 3.8) is 0 Å². The van der Waals surface area contributed by atoms with Crippen LogP contribution in [0.4, 0.5) is 8.78 Å². The van der Waals surface area contributed by atoms with E-state index >= 15 is 0 Å². The molecule has 156 valence electrons. The first-order valence-electron chi connectivity index (χ1n) is 9.15. The van der Waals surface area contributed by atoms with Crippen LogP contribution < -0.4 is 4.72 Å². The summed E-state index contributed by atoms with van der Waals surface area (Å²) in [6.07, 6.45) is 0.564. The molecule has 10 heteroatoms. The lowest BCUT2D eigenvalue weighted by atomic mass is 10.2. The zero-order valence-electron chi connectivity index (χ0n) is 16.6. The quantitative estimate of drug-likeness (QED) is 0.627. The Hall–Kier alpha value is -2.59. The van der Waals surface area contributed by atoms with Crippen molar-refractivity contribution in [1.29, 1.82) is 0 Å². The van der Waals surface area contributed by atoms with E-state index < -0.39 is 21.7 Å². The highest BCUT2D eigenvalue weighted by molar-refractivity contribution is 7.89. The standard InChI is InChI=1S/C19H22F2N4O3S/c1-5-16-23-24-19(28-16)17-11(3)18(12(4)25(17)6-2)29(26,27)22-10-13-7-14(20)9-15(21)8-13/h7-9,22H,5-6,10H2,1-4H3. The molecule has 2 aromatic heterocycles. The van der Waals surface area contributed by atoms with Crippen molar-refractivity contribution >= 4 is 10.0 Å². The fraction of sp³-hybridized carbons (Fsp3) is 0.368. The minimum Gasteiger partial charge on any atom is -0.419 e. The van der Waals surface area contributed by atoms with E-state index in [0.717, 1.165) is 18.2 Å².